The Bertz CT molecular complexity index is 1530. The van der Waals surface area contributed by atoms with Crippen molar-refractivity contribution in [2.45, 2.75) is 5.51 Å². The van der Waals surface area contributed by atoms with Crippen LogP contribution in [-0.4, -0.2) is 65.6 Å². The Morgan fingerprint density at radius 1 is 1.00 bits per heavy atom. The van der Waals surface area contributed by atoms with Gasteiger partial charge in [0.15, 0.2) is 0 Å². The average molecular weight is 498 g/mol. The molecule has 0 saturated carbocycles. The number of anilines is 1. The summed E-state index contributed by atoms with van der Waals surface area (Å²) < 4.78 is 67.7. The highest BCUT2D eigenvalue weighted by Crippen LogP contribution is 2.34. The Kier molecular flexibility index (Phi) is 5.03. The quantitative estimate of drug-likeness (QED) is 0.433. The first-order valence-electron chi connectivity index (χ1n) is 9.94. The lowest BCUT2D eigenvalue weighted by molar-refractivity contribution is -0.0445. The molecule has 8 nitrogen and oxygen atoms in total. The third-order valence-electron chi connectivity index (χ3n) is 5.72. The molecule has 0 radical (unpaired) electrons. The number of alkyl halides is 3. The number of rotatable bonds is 3. The Hall–Kier alpha value is -2.90. The van der Waals surface area contributed by atoms with Gasteiger partial charge < -0.3 is 9.80 Å². The van der Waals surface area contributed by atoms with Gasteiger partial charge in [0.2, 0.25) is 5.95 Å². The summed E-state index contributed by atoms with van der Waals surface area (Å²) in [5.74, 6) is -0.619. The summed E-state index contributed by atoms with van der Waals surface area (Å²) in [5, 5.41) is 3.86. The van der Waals surface area contributed by atoms with E-state index in [2.05, 4.69) is 9.88 Å². The third kappa shape index (κ3) is 3.50. The molecule has 13 heteroatoms. The summed E-state index contributed by atoms with van der Waals surface area (Å²) in [6.45, 7) is 2.81. The second kappa shape index (κ2) is 7.57. The summed E-state index contributed by atoms with van der Waals surface area (Å²) in [6, 6.07) is 7.27. The van der Waals surface area contributed by atoms with Gasteiger partial charge in [0.1, 0.15) is 0 Å². The number of aromatic nitrogens is 3. The van der Waals surface area contributed by atoms with Gasteiger partial charge in [-0.2, -0.15) is 25.6 Å². The number of piperazine rings is 1. The molecule has 0 atom stereocenters. The highest BCUT2D eigenvalue weighted by atomic mass is 32.2. The minimum Gasteiger partial charge on any atom is -0.369 e. The third-order valence-corrected chi connectivity index (χ3v) is 7.89. The van der Waals surface area contributed by atoms with E-state index >= 15 is 0 Å². The Morgan fingerprint density at radius 2 is 1.73 bits per heavy atom. The highest BCUT2D eigenvalue weighted by molar-refractivity contribution is 7.91. The van der Waals surface area contributed by atoms with Crippen LogP contribution in [0.15, 0.2) is 45.9 Å². The molecule has 5 rings (SSSR count). The molecule has 0 amide bonds. The molecule has 0 aliphatic carbocycles. The van der Waals surface area contributed by atoms with E-state index in [1.807, 2.05) is 11.9 Å². The van der Waals surface area contributed by atoms with Crippen molar-refractivity contribution >= 4 is 49.0 Å². The van der Waals surface area contributed by atoms with E-state index < -0.39 is 27.0 Å². The van der Waals surface area contributed by atoms with Crippen LogP contribution in [0.4, 0.5) is 18.9 Å². The zero-order chi connectivity index (χ0) is 23.5. The van der Waals surface area contributed by atoms with Crippen molar-refractivity contribution in [2.75, 3.05) is 38.1 Å². The van der Waals surface area contributed by atoms with Crippen LogP contribution < -0.4 is 10.5 Å². The van der Waals surface area contributed by atoms with Gasteiger partial charge in [0.05, 0.1) is 16.6 Å². The van der Waals surface area contributed by atoms with E-state index in [1.54, 1.807) is 16.8 Å². The molecule has 0 unspecified atom stereocenters. The molecule has 1 aromatic carbocycles. The minimum absolute atomic E-state index is 0.0369. The van der Waals surface area contributed by atoms with E-state index in [4.69, 9.17) is 0 Å². The van der Waals surface area contributed by atoms with E-state index in [-0.39, 0.29) is 20.5 Å². The number of benzene rings is 1. The molecule has 3 aromatic heterocycles. The molecule has 4 heterocycles. The van der Waals surface area contributed by atoms with Crippen LogP contribution in [0.25, 0.3) is 27.9 Å². The molecule has 4 aromatic rings. The number of hydrogen-bond acceptors (Lipinski definition) is 7. The van der Waals surface area contributed by atoms with Crippen LogP contribution in [0.5, 0.6) is 0 Å². The number of likely N-dealkylation sites (N-methyl/N-ethyl adjacent to an activating group) is 1. The smallest absolute Gasteiger partial charge is 0.369 e. The summed E-state index contributed by atoms with van der Waals surface area (Å²) >= 11 is 1.24. The van der Waals surface area contributed by atoms with Gasteiger partial charge in [-0.3, -0.25) is 4.79 Å². The van der Waals surface area contributed by atoms with Crippen LogP contribution in [-0.2, 0) is 10.0 Å². The topological polar surface area (TPSA) is 80.4 Å². The fourth-order valence-corrected chi connectivity index (χ4v) is 5.67. The molecule has 1 aliphatic heterocycles. The summed E-state index contributed by atoms with van der Waals surface area (Å²) in [5.41, 5.74) is -5.62. The molecule has 0 bridgehead atoms. The summed E-state index contributed by atoms with van der Waals surface area (Å²) in [4.78, 5) is 21.0. The van der Waals surface area contributed by atoms with Crippen LogP contribution in [0.3, 0.4) is 0 Å². The number of fused-ring (bicyclic) bond motifs is 2. The fourth-order valence-electron chi connectivity index (χ4n) is 3.94. The lowest BCUT2D eigenvalue weighted by atomic mass is 10.2. The lowest BCUT2D eigenvalue weighted by Gasteiger charge is -2.34. The molecular weight excluding hydrogens is 479 g/mol. The average Bonchev–Trinajstić information content (AvgIpc) is 3.37. The van der Waals surface area contributed by atoms with Gasteiger partial charge in [-0.15, -0.1) is 11.3 Å². The van der Waals surface area contributed by atoms with Gasteiger partial charge in [0.25, 0.3) is 5.56 Å². The maximum atomic E-state index is 13.7. The van der Waals surface area contributed by atoms with Gasteiger partial charge in [-0.25, -0.2) is 9.55 Å². The van der Waals surface area contributed by atoms with Gasteiger partial charge >= 0.3 is 15.5 Å². The summed E-state index contributed by atoms with van der Waals surface area (Å²) in [7, 11) is -3.92. The van der Waals surface area contributed by atoms with Crippen LogP contribution in [0.2, 0.25) is 0 Å². The molecular formula is C20H18F3N5O3S2. The monoisotopic (exact) mass is 497 g/mol. The van der Waals surface area contributed by atoms with Gasteiger partial charge in [0, 0.05) is 54.1 Å². The van der Waals surface area contributed by atoms with Crippen LogP contribution in [0, 0.1) is 0 Å². The molecule has 0 spiro atoms. The van der Waals surface area contributed by atoms with Crippen molar-refractivity contribution in [3.8, 4) is 5.95 Å². The van der Waals surface area contributed by atoms with Crippen molar-refractivity contribution in [3.05, 3.63) is 51.4 Å². The van der Waals surface area contributed by atoms with Crippen molar-refractivity contribution in [1.82, 2.24) is 18.4 Å². The number of halogens is 3. The number of hydrogen-bond donors (Lipinski definition) is 0. The summed E-state index contributed by atoms with van der Waals surface area (Å²) in [6.07, 6.45) is 0. The molecule has 33 heavy (non-hydrogen) atoms. The largest absolute Gasteiger partial charge is 0.517 e. The zero-order valence-corrected chi connectivity index (χ0v) is 18.9. The van der Waals surface area contributed by atoms with Gasteiger partial charge in [-0.1, -0.05) is 0 Å². The van der Waals surface area contributed by atoms with Crippen LogP contribution >= 0.6 is 11.3 Å². The molecule has 1 saturated heterocycles. The Labute approximate surface area is 190 Å². The zero-order valence-electron chi connectivity index (χ0n) is 17.3. The fraction of sp³-hybridized carbons (Fsp3) is 0.300. The van der Waals surface area contributed by atoms with Crippen molar-refractivity contribution in [1.29, 1.82) is 0 Å². The highest BCUT2D eigenvalue weighted by Gasteiger charge is 2.49. The maximum absolute atomic E-state index is 13.7. The lowest BCUT2D eigenvalue weighted by Crippen LogP contribution is -2.44. The SMILES string of the molecule is CN1CCN(c2ccc3nc(-n4c(=O)ccc5cscc54)n(S(=O)(=O)C(F)(F)F)c3c2)CC1. The molecule has 1 aliphatic rings. The number of thiophene rings is 1. The molecule has 0 N–H and O–H groups in total. The first-order valence-corrected chi connectivity index (χ1v) is 12.3. The maximum Gasteiger partial charge on any atom is 0.517 e. The number of imidazole rings is 1. The predicted molar refractivity (Wildman–Crippen MR) is 121 cm³/mol. The normalized spacial score (nSPS) is 16.2. The molecule has 174 valence electrons. The van der Waals surface area contributed by atoms with Crippen molar-refractivity contribution < 1.29 is 21.6 Å². The first kappa shape index (κ1) is 21.9. The Morgan fingerprint density at radius 3 is 2.42 bits per heavy atom. The van der Waals surface area contributed by atoms with E-state index in [0.29, 0.717) is 24.2 Å². The van der Waals surface area contributed by atoms with E-state index in [9.17, 15) is 26.4 Å². The molecule has 1 fully saturated rings. The minimum atomic E-state index is -5.89. The van der Waals surface area contributed by atoms with Gasteiger partial charge in [-0.05, 0) is 31.3 Å². The second-order valence-electron chi connectivity index (χ2n) is 7.81. The first-order chi connectivity index (χ1) is 15.6. The number of nitrogens with zero attached hydrogens (tertiary/aromatic N) is 5. The van der Waals surface area contributed by atoms with Crippen LogP contribution in [0.1, 0.15) is 0 Å². The Balaban J connectivity index is 1.81. The standard InChI is InChI=1S/C20H18F3N5O3S2/c1-25-6-8-26(9-7-25)14-3-4-15-16(10-14)28(33(30,31)20(21,22)23)19(24-15)27-17-12-32-11-13(17)2-5-18(27)29/h2-5,10-12H,6-9H2,1H3. The van der Waals surface area contributed by atoms with Crippen molar-refractivity contribution in [3.63, 3.8) is 0 Å². The second-order valence-corrected chi connectivity index (χ2v) is 10.3. The van der Waals surface area contributed by atoms with E-state index in [1.165, 1.54) is 35.6 Å². The van der Waals surface area contributed by atoms with E-state index in [0.717, 1.165) is 17.7 Å². The number of pyridine rings is 1. The van der Waals surface area contributed by atoms with Crippen molar-refractivity contribution in [2.24, 2.45) is 0 Å². The predicted octanol–water partition coefficient (Wildman–Crippen LogP) is 2.85.